The first kappa shape index (κ1) is 20.9. The molecular formula is C23H24N2O3. The SMILES string of the molecule is CC(C)OC(=O)c1ccc(NC(=O)C(C#N)=Cc2ccc(C(C)C)cc2)cc1. The van der Waals surface area contributed by atoms with Gasteiger partial charge in [-0.05, 0) is 61.2 Å². The standard InChI is InChI=1S/C23H24N2O3/c1-15(2)18-7-5-17(6-8-18)13-20(14-24)22(26)25-21-11-9-19(10-12-21)23(27)28-16(3)4/h5-13,15-16H,1-4H3,(H,25,26). The monoisotopic (exact) mass is 376 g/mol. The zero-order valence-corrected chi connectivity index (χ0v) is 16.5. The van der Waals surface area contributed by atoms with Crippen LogP contribution in [0.5, 0.6) is 0 Å². The van der Waals surface area contributed by atoms with Crippen molar-refractivity contribution in [2.45, 2.75) is 39.7 Å². The molecule has 0 atom stereocenters. The second kappa shape index (κ2) is 9.52. The van der Waals surface area contributed by atoms with Crippen LogP contribution in [0.3, 0.4) is 0 Å². The highest BCUT2D eigenvalue weighted by Gasteiger charge is 2.12. The first-order valence-electron chi connectivity index (χ1n) is 9.14. The molecule has 2 aromatic carbocycles. The molecule has 2 rings (SSSR count). The number of amides is 1. The molecular weight excluding hydrogens is 352 g/mol. The van der Waals surface area contributed by atoms with Crippen molar-refractivity contribution < 1.29 is 14.3 Å². The number of carbonyl (C=O) groups is 2. The van der Waals surface area contributed by atoms with E-state index in [2.05, 4.69) is 19.2 Å². The van der Waals surface area contributed by atoms with Gasteiger partial charge in [-0.2, -0.15) is 5.26 Å². The van der Waals surface area contributed by atoms with Gasteiger partial charge in [0.25, 0.3) is 5.91 Å². The van der Waals surface area contributed by atoms with E-state index < -0.39 is 11.9 Å². The lowest BCUT2D eigenvalue weighted by Gasteiger charge is -2.09. The van der Waals surface area contributed by atoms with Gasteiger partial charge < -0.3 is 10.1 Å². The minimum atomic E-state index is -0.507. The van der Waals surface area contributed by atoms with E-state index in [0.717, 1.165) is 5.56 Å². The maximum absolute atomic E-state index is 12.4. The van der Waals surface area contributed by atoms with Crippen LogP contribution < -0.4 is 5.32 Å². The van der Waals surface area contributed by atoms with Crippen LogP contribution in [0.4, 0.5) is 5.69 Å². The van der Waals surface area contributed by atoms with Crippen molar-refractivity contribution in [2.24, 2.45) is 0 Å². The molecule has 0 fully saturated rings. The van der Waals surface area contributed by atoms with Crippen LogP contribution in [-0.2, 0) is 9.53 Å². The van der Waals surface area contributed by atoms with Gasteiger partial charge >= 0.3 is 5.97 Å². The Morgan fingerprint density at radius 2 is 1.61 bits per heavy atom. The van der Waals surface area contributed by atoms with Gasteiger partial charge in [0.1, 0.15) is 11.6 Å². The molecule has 0 aliphatic rings. The summed E-state index contributed by atoms with van der Waals surface area (Å²) in [6.45, 7) is 7.76. The minimum Gasteiger partial charge on any atom is -0.459 e. The Hall–Kier alpha value is -3.39. The van der Waals surface area contributed by atoms with Crippen molar-refractivity contribution in [3.05, 3.63) is 70.8 Å². The third kappa shape index (κ3) is 5.82. The lowest BCUT2D eigenvalue weighted by atomic mass is 10.0. The molecule has 0 aliphatic carbocycles. The van der Waals surface area contributed by atoms with E-state index in [1.54, 1.807) is 44.2 Å². The number of ether oxygens (including phenoxy) is 1. The lowest BCUT2D eigenvalue weighted by Crippen LogP contribution is -2.14. The fourth-order valence-corrected chi connectivity index (χ4v) is 2.46. The van der Waals surface area contributed by atoms with Gasteiger partial charge in [0.2, 0.25) is 0 Å². The molecule has 5 heteroatoms. The Kier molecular flexibility index (Phi) is 7.11. The van der Waals surface area contributed by atoms with Gasteiger partial charge in [0, 0.05) is 5.69 Å². The van der Waals surface area contributed by atoms with E-state index >= 15 is 0 Å². The number of anilines is 1. The number of rotatable bonds is 6. The highest BCUT2D eigenvalue weighted by Crippen LogP contribution is 2.17. The van der Waals surface area contributed by atoms with E-state index in [4.69, 9.17) is 4.74 Å². The smallest absolute Gasteiger partial charge is 0.338 e. The van der Waals surface area contributed by atoms with Gasteiger partial charge in [-0.1, -0.05) is 38.1 Å². The van der Waals surface area contributed by atoms with Crippen molar-refractivity contribution in [3.63, 3.8) is 0 Å². The molecule has 2 aromatic rings. The number of nitriles is 1. The lowest BCUT2D eigenvalue weighted by molar-refractivity contribution is -0.112. The fourth-order valence-electron chi connectivity index (χ4n) is 2.46. The predicted molar refractivity (Wildman–Crippen MR) is 110 cm³/mol. The molecule has 28 heavy (non-hydrogen) atoms. The molecule has 0 heterocycles. The van der Waals surface area contributed by atoms with Crippen LogP contribution >= 0.6 is 0 Å². The number of carbonyl (C=O) groups excluding carboxylic acids is 2. The Morgan fingerprint density at radius 1 is 1.00 bits per heavy atom. The maximum Gasteiger partial charge on any atom is 0.338 e. The van der Waals surface area contributed by atoms with E-state index in [9.17, 15) is 14.9 Å². The van der Waals surface area contributed by atoms with Crippen LogP contribution in [0.2, 0.25) is 0 Å². The Labute approximate surface area is 165 Å². The summed E-state index contributed by atoms with van der Waals surface area (Å²) in [4.78, 5) is 24.2. The molecule has 0 radical (unpaired) electrons. The van der Waals surface area contributed by atoms with Crippen LogP contribution in [0.15, 0.2) is 54.1 Å². The van der Waals surface area contributed by atoms with Gasteiger partial charge in [0.05, 0.1) is 11.7 Å². The highest BCUT2D eigenvalue weighted by molar-refractivity contribution is 6.09. The number of nitrogens with one attached hydrogen (secondary N) is 1. The fraction of sp³-hybridized carbons (Fsp3) is 0.261. The quantitative estimate of drug-likeness (QED) is 0.441. The molecule has 0 unspecified atom stereocenters. The largest absolute Gasteiger partial charge is 0.459 e. The van der Waals surface area contributed by atoms with Crippen LogP contribution in [0, 0.1) is 11.3 Å². The van der Waals surface area contributed by atoms with Crippen LogP contribution in [0.1, 0.15) is 55.1 Å². The molecule has 0 aromatic heterocycles. The number of benzene rings is 2. The first-order valence-corrected chi connectivity index (χ1v) is 9.14. The normalized spacial score (nSPS) is 11.2. The summed E-state index contributed by atoms with van der Waals surface area (Å²) in [5, 5.41) is 12.0. The number of esters is 1. The van der Waals surface area contributed by atoms with Crippen molar-refractivity contribution in [1.29, 1.82) is 5.26 Å². The van der Waals surface area contributed by atoms with Crippen molar-refractivity contribution in [3.8, 4) is 6.07 Å². The van der Waals surface area contributed by atoms with Crippen LogP contribution in [-0.4, -0.2) is 18.0 Å². The van der Waals surface area contributed by atoms with Crippen molar-refractivity contribution >= 4 is 23.6 Å². The Balaban J connectivity index is 2.09. The average molecular weight is 376 g/mol. The molecule has 0 aliphatic heterocycles. The predicted octanol–water partition coefficient (Wildman–Crippen LogP) is 4.92. The van der Waals surface area contributed by atoms with Gasteiger partial charge in [-0.25, -0.2) is 4.79 Å². The molecule has 144 valence electrons. The first-order chi connectivity index (χ1) is 13.3. The summed E-state index contributed by atoms with van der Waals surface area (Å²) in [6.07, 6.45) is 1.35. The maximum atomic E-state index is 12.4. The summed E-state index contributed by atoms with van der Waals surface area (Å²) in [5.41, 5.74) is 2.86. The van der Waals surface area contributed by atoms with E-state index in [1.807, 2.05) is 30.3 Å². The molecule has 5 nitrogen and oxygen atoms in total. The zero-order valence-electron chi connectivity index (χ0n) is 16.5. The topological polar surface area (TPSA) is 79.2 Å². The molecule has 0 saturated carbocycles. The third-order valence-electron chi connectivity index (χ3n) is 4.00. The second-order valence-electron chi connectivity index (χ2n) is 6.98. The molecule has 0 saturated heterocycles. The van der Waals surface area contributed by atoms with E-state index in [1.165, 1.54) is 5.56 Å². The molecule has 0 spiro atoms. The molecule has 0 bridgehead atoms. The number of nitrogens with zero attached hydrogens (tertiary/aromatic N) is 1. The summed E-state index contributed by atoms with van der Waals surface area (Å²) in [5.74, 6) is -0.513. The third-order valence-corrected chi connectivity index (χ3v) is 4.00. The van der Waals surface area contributed by atoms with Gasteiger partial charge in [0.15, 0.2) is 0 Å². The molecule has 1 N–H and O–H groups in total. The van der Waals surface area contributed by atoms with Gasteiger partial charge in [-0.3, -0.25) is 4.79 Å². The van der Waals surface area contributed by atoms with Crippen LogP contribution in [0.25, 0.3) is 6.08 Å². The zero-order chi connectivity index (χ0) is 20.7. The van der Waals surface area contributed by atoms with E-state index in [0.29, 0.717) is 17.2 Å². The van der Waals surface area contributed by atoms with Crippen molar-refractivity contribution in [2.75, 3.05) is 5.32 Å². The Morgan fingerprint density at radius 3 is 2.11 bits per heavy atom. The summed E-state index contributed by atoms with van der Waals surface area (Å²) < 4.78 is 5.12. The molecule has 1 amide bonds. The summed E-state index contributed by atoms with van der Waals surface area (Å²) in [6, 6.07) is 16.0. The summed E-state index contributed by atoms with van der Waals surface area (Å²) in [7, 11) is 0. The number of hydrogen-bond acceptors (Lipinski definition) is 4. The summed E-state index contributed by atoms with van der Waals surface area (Å²) >= 11 is 0. The second-order valence-corrected chi connectivity index (χ2v) is 6.98. The number of hydrogen-bond donors (Lipinski definition) is 1. The Bertz CT molecular complexity index is 902. The average Bonchev–Trinajstić information content (AvgIpc) is 2.66. The minimum absolute atomic E-state index is 0.000547. The highest BCUT2D eigenvalue weighted by atomic mass is 16.5. The van der Waals surface area contributed by atoms with E-state index in [-0.39, 0.29) is 11.7 Å². The van der Waals surface area contributed by atoms with Gasteiger partial charge in [-0.15, -0.1) is 0 Å². The van der Waals surface area contributed by atoms with Crippen molar-refractivity contribution in [1.82, 2.24) is 0 Å².